The number of aromatic nitrogens is 1. The van der Waals surface area contributed by atoms with Crippen molar-refractivity contribution in [1.82, 2.24) is 9.88 Å². The minimum Gasteiger partial charge on any atom is -0.397 e. The molecule has 3 rings (SSSR count). The number of carbonyl (C=O) groups is 1. The average molecular weight is 262 g/mol. The second-order valence-corrected chi connectivity index (χ2v) is 5.64. The highest BCUT2D eigenvalue weighted by Gasteiger charge is 2.22. The largest absolute Gasteiger partial charge is 0.397 e. The molecular weight excluding hydrogens is 248 g/mol. The molecule has 1 amide bonds. The van der Waals surface area contributed by atoms with Crippen molar-refractivity contribution in [1.29, 1.82) is 0 Å². The van der Waals surface area contributed by atoms with Crippen molar-refractivity contribution in [3.8, 4) is 0 Å². The third-order valence-electron chi connectivity index (χ3n) is 3.36. The zero-order chi connectivity index (χ0) is 12.9. The summed E-state index contributed by atoms with van der Waals surface area (Å²) in [4.78, 5) is 19.2. The number of thiophene rings is 1. The Bertz CT molecular complexity index is 649. The van der Waals surface area contributed by atoms with Crippen molar-refractivity contribution in [3.63, 3.8) is 0 Å². The van der Waals surface area contributed by atoms with E-state index in [0.29, 0.717) is 10.6 Å². The molecular formula is C12H14N4OS. The van der Waals surface area contributed by atoms with Gasteiger partial charge in [0.1, 0.15) is 9.71 Å². The van der Waals surface area contributed by atoms with Gasteiger partial charge in [0.2, 0.25) is 0 Å². The first-order valence-electron chi connectivity index (χ1n) is 5.75. The van der Waals surface area contributed by atoms with Gasteiger partial charge < -0.3 is 16.4 Å². The summed E-state index contributed by atoms with van der Waals surface area (Å²) in [5, 5.41) is 0.930. The van der Waals surface area contributed by atoms with Crippen LogP contribution in [0.15, 0.2) is 6.20 Å². The van der Waals surface area contributed by atoms with E-state index in [9.17, 15) is 4.79 Å². The predicted molar refractivity (Wildman–Crippen MR) is 72.6 cm³/mol. The Balaban J connectivity index is 2.28. The number of pyridine rings is 1. The van der Waals surface area contributed by atoms with Crippen molar-refractivity contribution in [2.45, 2.75) is 13.0 Å². The van der Waals surface area contributed by atoms with Crippen LogP contribution in [0.25, 0.3) is 10.2 Å². The molecule has 0 saturated heterocycles. The fourth-order valence-corrected chi connectivity index (χ4v) is 3.41. The first-order chi connectivity index (χ1) is 8.58. The van der Waals surface area contributed by atoms with Gasteiger partial charge in [0.25, 0.3) is 5.91 Å². The van der Waals surface area contributed by atoms with Gasteiger partial charge in [-0.1, -0.05) is 0 Å². The maximum atomic E-state index is 11.3. The molecule has 0 saturated carbocycles. The summed E-state index contributed by atoms with van der Waals surface area (Å²) in [7, 11) is 2.08. The Hall–Kier alpha value is -1.66. The number of nitrogen functional groups attached to an aromatic ring is 1. The summed E-state index contributed by atoms with van der Waals surface area (Å²) in [6, 6.07) is 0. The second-order valence-electron chi connectivity index (χ2n) is 4.64. The van der Waals surface area contributed by atoms with Crippen molar-refractivity contribution in [3.05, 3.63) is 22.2 Å². The van der Waals surface area contributed by atoms with Crippen LogP contribution < -0.4 is 11.5 Å². The van der Waals surface area contributed by atoms with Crippen LogP contribution in [-0.2, 0) is 13.0 Å². The van der Waals surface area contributed by atoms with E-state index in [2.05, 4.69) is 16.9 Å². The lowest BCUT2D eigenvalue weighted by Gasteiger charge is -2.25. The molecule has 0 bridgehead atoms. The van der Waals surface area contributed by atoms with Gasteiger partial charge in [-0.2, -0.15) is 0 Å². The van der Waals surface area contributed by atoms with Crippen LogP contribution in [0, 0.1) is 0 Å². The van der Waals surface area contributed by atoms with Gasteiger partial charge in [-0.15, -0.1) is 11.3 Å². The maximum absolute atomic E-state index is 11.3. The van der Waals surface area contributed by atoms with E-state index in [1.54, 1.807) is 0 Å². The molecule has 0 atom stereocenters. The molecule has 0 unspecified atom stereocenters. The lowest BCUT2D eigenvalue weighted by Crippen LogP contribution is -2.26. The Morgan fingerprint density at radius 2 is 2.33 bits per heavy atom. The number of nitrogens with two attached hydrogens (primary N) is 2. The number of amides is 1. The normalized spacial score (nSPS) is 15.8. The molecule has 0 spiro atoms. The van der Waals surface area contributed by atoms with E-state index in [4.69, 9.17) is 11.5 Å². The van der Waals surface area contributed by atoms with E-state index in [-0.39, 0.29) is 0 Å². The molecule has 5 nitrogen and oxygen atoms in total. The number of primary amides is 1. The number of hydrogen-bond donors (Lipinski definition) is 2. The lowest BCUT2D eigenvalue weighted by molar-refractivity contribution is 0.100. The second kappa shape index (κ2) is 3.93. The Labute approximate surface area is 108 Å². The van der Waals surface area contributed by atoms with Crippen LogP contribution in [0.2, 0.25) is 0 Å². The number of nitrogens with zero attached hydrogens (tertiary/aromatic N) is 2. The molecule has 1 aliphatic rings. The van der Waals surface area contributed by atoms with Gasteiger partial charge >= 0.3 is 0 Å². The van der Waals surface area contributed by atoms with Gasteiger partial charge in [0.15, 0.2) is 0 Å². The summed E-state index contributed by atoms with van der Waals surface area (Å²) >= 11 is 1.28. The molecule has 18 heavy (non-hydrogen) atoms. The fraction of sp³-hybridized carbons (Fsp3) is 0.333. The van der Waals surface area contributed by atoms with Crippen molar-refractivity contribution >= 4 is 33.1 Å². The van der Waals surface area contributed by atoms with Crippen molar-refractivity contribution in [2.24, 2.45) is 5.73 Å². The van der Waals surface area contributed by atoms with Crippen molar-refractivity contribution in [2.75, 3.05) is 19.3 Å². The molecule has 0 fully saturated rings. The first kappa shape index (κ1) is 11.4. The van der Waals surface area contributed by atoms with E-state index in [1.807, 2.05) is 6.20 Å². The highest BCUT2D eigenvalue weighted by molar-refractivity contribution is 7.21. The smallest absolute Gasteiger partial charge is 0.260 e. The van der Waals surface area contributed by atoms with Gasteiger partial charge in [0.05, 0.1) is 5.69 Å². The molecule has 2 aromatic heterocycles. The van der Waals surface area contributed by atoms with E-state index >= 15 is 0 Å². The van der Waals surface area contributed by atoms with Crippen LogP contribution in [0.4, 0.5) is 5.69 Å². The summed E-state index contributed by atoms with van der Waals surface area (Å²) in [5.41, 5.74) is 14.3. The highest BCUT2D eigenvalue weighted by atomic mass is 32.1. The van der Waals surface area contributed by atoms with Crippen molar-refractivity contribution < 1.29 is 4.79 Å². The molecule has 0 aromatic carbocycles. The van der Waals surface area contributed by atoms with Crippen LogP contribution in [0.3, 0.4) is 0 Å². The number of anilines is 1. The quantitative estimate of drug-likeness (QED) is 0.801. The predicted octanol–water partition coefficient (Wildman–Crippen LogP) is 0.965. The third-order valence-corrected chi connectivity index (χ3v) is 4.49. The zero-order valence-corrected chi connectivity index (χ0v) is 10.9. The van der Waals surface area contributed by atoms with Crippen LogP contribution in [0.5, 0.6) is 0 Å². The highest BCUT2D eigenvalue weighted by Crippen LogP contribution is 2.37. The summed E-state index contributed by atoms with van der Waals surface area (Å²) in [6.45, 7) is 1.87. The average Bonchev–Trinajstić information content (AvgIpc) is 2.67. The SMILES string of the molecule is CN1CCc2c(cnc3sc(C(N)=O)c(N)c23)C1. The third kappa shape index (κ3) is 1.57. The maximum Gasteiger partial charge on any atom is 0.260 e. The Morgan fingerprint density at radius 1 is 1.56 bits per heavy atom. The Kier molecular flexibility index (Phi) is 2.49. The molecule has 94 valence electrons. The summed E-state index contributed by atoms with van der Waals surface area (Å²) in [6.07, 6.45) is 2.82. The number of likely N-dealkylation sites (N-methyl/N-ethyl adjacent to an activating group) is 1. The minimum absolute atomic E-state index is 0.421. The van der Waals surface area contributed by atoms with Gasteiger partial charge in [-0.25, -0.2) is 4.98 Å². The molecule has 3 heterocycles. The van der Waals surface area contributed by atoms with E-state index in [0.717, 1.165) is 29.7 Å². The molecule has 6 heteroatoms. The number of hydrogen-bond acceptors (Lipinski definition) is 5. The molecule has 2 aromatic rings. The number of carbonyl (C=O) groups excluding carboxylic acids is 1. The number of rotatable bonds is 1. The minimum atomic E-state index is -0.475. The topological polar surface area (TPSA) is 85.2 Å². The standard InChI is InChI=1S/C12H14N4OS/c1-16-3-2-7-6(5-16)4-15-12-8(7)9(13)10(18-12)11(14)17/h4H,2-3,5,13H2,1H3,(H2,14,17). The molecule has 0 aliphatic carbocycles. The van der Waals surface area contributed by atoms with E-state index < -0.39 is 5.91 Å². The molecule has 4 N–H and O–H groups in total. The fourth-order valence-electron chi connectivity index (χ4n) is 2.47. The lowest BCUT2D eigenvalue weighted by atomic mass is 9.98. The zero-order valence-electron chi connectivity index (χ0n) is 10.1. The summed E-state index contributed by atoms with van der Waals surface area (Å²) in [5.74, 6) is -0.475. The van der Waals surface area contributed by atoms with Crippen LogP contribution in [-0.4, -0.2) is 29.4 Å². The van der Waals surface area contributed by atoms with Gasteiger partial charge in [-0.05, 0) is 24.6 Å². The summed E-state index contributed by atoms with van der Waals surface area (Å²) < 4.78 is 0. The van der Waals surface area contributed by atoms with Gasteiger partial charge in [0, 0.05) is 24.7 Å². The molecule has 0 radical (unpaired) electrons. The molecule has 1 aliphatic heterocycles. The number of fused-ring (bicyclic) bond motifs is 3. The van der Waals surface area contributed by atoms with Crippen LogP contribution >= 0.6 is 11.3 Å². The first-order valence-corrected chi connectivity index (χ1v) is 6.56. The van der Waals surface area contributed by atoms with E-state index in [1.165, 1.54) is 22.5 Å². The Morgan fingerprint density at radius 3 is 3.06 bits per heavy atom. The monoisotopic (exact) mass is 262 g/mol. The van der Waals surface area contributed by atoms with Crippen LogP contribution in [0.1, 0.15) is 20.8 Å². The van der Waals surface area contributed by atoms with Gasteiger partial charge in [-0.3, -0.25) is 4.79 Å².